The van der Waals surface area contributed by atoms with E-state index in [1.54, 1.807) is 13.2 Å². The molecule has 0 radical (unpaired) electrons. The minimum absolute atomic E-state index is 0.0313. The summed E-state index contributed by atoms with van der Waals surface area (Å²) in [6.45, 7) is 1.70. The molecule has 0 spiro atoms. The molecule has 20 heavy (non-hydrogen) atoms. The smallest absolute Gasteiger partial charge is 0.150 e. The van der Waals surface area contributed by atoms with Crippen LogP contribution in [0.1, 0.15) is 18.4 Å². The summed E-state index contributed by atoms with van der Waals surface area (Å²) in [6.07, 6.45) is 1.89. The lowest BCUT2D eigenvalue weighted by Crippen LogP contribution is -2.49. The summed E-state index contributed by atoms with van der Waals surface area (Å²) >= 11 is 0. The molecule has 0 amide bonds. The third kappa shape index (κ3) is 3.06. The molecule has 6 heteroatoms. The molecule has 108 valence electrons. The Kier molecular flexibility index (Phi) is 4.53. The van der Waals surface area contributed by atoms with Crippen molar-refractivity contribution in [2.45, 2.75) is 18.4 Å². The van der Waals surface area contributed by atoms with Gasteiger partial charge in [0.05, 0.1) is 23.8 Å². The van der Waals surface area contributed by atoms with Gasteiger partial charge in [0.2, 0.25) is 0 Å². The molecule has 1 aromatic carbocycles. The van der Waals surface area contributed by atoms with Gasteiger partial charge in [-0.1, -0.05) is 0 Å². The molecule has 0 bridgehead atoms. The maximum atomic E-state index is 13.8. The van der Waals surface area contributed by atoms with Crippen molar-refractivity contribution in [2.75, 3.05) is 32.1 Å². The van der Waals surface area contributed by atoms with E-state index in [-0.39, 0.29) is 16.8 Å². The fraction of sp³-hybridized carbons (Fsp3) is 0.500. The second kappa shape index (κ2) is 6.16. The SMILES string of the molecule is COCC1(CNc2c(F)cc(C#N)cc2F)CCCN1. The number of methoxy groups -OCH3 is 1. The summed E-state index contributed by atoms with van der Waals surface area (Å²) in [5.41, 5.74) is -0.536. The zero-order valence-electron chi connectivity index (χ0n) is 11.3. The van der Waals surface area contributed by atoms with Crippen molar-refractivity contribution in [3.05, 3.63) is 29.3 Å². The summed E-state index contributed by atoms with van der Waals surface area (Å²) in [4.78, 5) is 0. The normalized spacial score (nSPS) is 21.7. The maximum Gasteiger partial charge on any atom is 0.150 e. The molecule has 1 heterocycles. The Morgan fingerprint density at radius 2 is 2.15 bits per heavy atom. The predicted octanol–water partition coefficient (Wildman–Crippen LogP) is 2.02. The number of rotatable bonds is 5. The van der Waals surface area contributed by atoms with Crippen LogP contribution < -0.4 is 10.6 Å². The number of hydrogen-bond acceptors (Lipinski definition) is 4. The Morgan fingerprint density at radius 3 is 2.65 bits per heavy atom. The largest absolute Gasteiger partial charge is 0.383 e. The second-order valence-electron chi connectivity index (χ2n) is 5.02. The highest BCUT2D eigenvalue weighted by Gasteiger charge is 2.33. The molecule has 2 rings (SSSR count). The molecule has 4 nitrogen and oxygen atoms in total. The van der Waals surface area contributed by atoms with Crippen LogP contribution in [-0.2, 0) is 4.74 Å². The van der Waals surface area contributed by atoms with Crippen LogP contribution in [0.15, 0.2) is 12.1 Å². The van der Waals surface area contributed by atoms with Gasteiger partial charge in [-0.2, -0.15) is 5.26 Å². The van der Waals surface area contributed by atoms with E-state index >= 15 is 0 Å². The van der Waals surface area contributed by atoms with E-state index in [1.165, 1.54) is 0 Å². The van der Waals surface area contributed by atoms with Crippen molar-refractivity contribution < 1.29 is 13.5 Å². The van der Waals surface area contributed by atoms with Crippen LogP contribution in [0.3, 0.4) is 0 Å². The molecular formula is C14H17F2N3O. The third-order valence-electron chi connectivity index (χ3n) is 3.53. The molecule has 1 aliphatic heterocycles. The number of anilines is 1. The van der Waals surface area contributed by atoms with Gasteiger partial charge in [-0.05, 0) is 31.5 Å². The first-order valence-corrected chi connectivity index (χ1v) is 6.47. The van der Waals surface area contributed by atoms with Crippen molar-refractivity contribution in [1.29, 1.82) is 5.26 Å². The van der Waals surface area contributed by atoms with E-state index in [9.17, 15) is 8.78 Å². The van der Waals surface area contributed by atoms with Crippen LogP contribution in [0.4, 0.5) is 14.5 Å². The van der Waals surface area contributed by atoms with Gasteiger partial charge in [-0.3, -0.25) is 0 Å². The Balaban J connectivity index is 2.12. The molecule has 1 unspecified atom stereocenters. The molecule has 1 fully saturated rings. The van der Waals surface area contributed by atoms with Crippen molar-refractivity contribution in [3.8, 4) is 6.07 Å². The standard InChI is InChI=1S/C14H17F2N3O/c1-20-9-14(3-2-4-19-14)8-18-13-11(15)5-10(7-17)6-12(13)16/h5-6,18-19H,2-4,8-9H2,1H3. The summed E-state index contributed by atoms with van der Waals surface area (Å²) < 4.78 is 32.7. The molecule has 1 saturated heterocycles. The quantitative estimate of drug-likeness (QED) is 0.867. The lowest BCUT2D eigenvalue weighted by atomic mass is 9.98. The summed E-state index contributed by atoms with van der Waals surface area (Å²) in [6, 6.07) is 3.77. The van der Waals surface area contributed by atoms with Gasteiger partial charge in [0.15, 0.2) is 11.6 Å². The zero-order valence-corrected chi connectivity index (χ0v) is 11.3. The second-order valence-corrected chi connectivity index (χ2v) is 5.02. The lowest BCUT2D eigenvalue weighted by molar-refractivity contribution is 0.127. The fourth-order valence-electron chi connectivity index (χ4n) is 2.53. The minimum atomic E-state index is -0.757. The predicted molar refractivity (Wildman–Crippen MR) is 71.4 cm³/mol. The Labute approximate surface area is 116 Å². The number of halogens is 2. The Morgan fingerprint density at radius 1 is 1.45 bits per heavy atom. The highest BCUT2D eigenvalue weighted by Crippen LogP contribution is 2.24. The molecule has 0 aromatic heterocycles. The number of nitrogens with zero attached hydrogens (tertiary/aromatic N) is 1. The van der Waals surface area contributed by atoms with Crippen LogP contribution >= 0.6 is 0 Å². The highest BCUT2D eigenvalue weighted by atomic mass is 19.1. The minimum Gasteiger partial charge on any atom is -0.383 e. The number of ether oxygens (including phenoxy) is 1. The first kappa shape index (κ1) is 14.7. The lowest BCUT2D eigenvalue weighted by Gasteiger charge is -2.29. The summed E-state index contributed by atoms with van der Waals surface area (Å²) in [5, 5.41) is 14.8. The van der Waals surface area contributed by atoms with Crippen LogP contribution in [0.5, 0.6) is 0 Å². The topological polar surface area (TPSA) is 57.1 Å². The van der Waals surface area contributed by atoms with Gasteiger partial charge in [-0.15, -0.1) is 0 Å². The average molecular weight is 281 g/mol. The van der Waals surface area contributed by atoms with Gasteiger partial charge in [0, 0.05) is 13.7 Å². The van der Waals surface area contributed by atoms with Crippen molar-refractivity contribution >= 4 is 5.69 Å². The van der Waals surface area contributed by atoms with Gasteiger partial charge < -0.3 is 15.4 Å². The molecular weight excluding hydrogens is 264 g/mol. The van der Waals surface area contributed by atoms with Gasteiger partial charge >= 0.3 is 0 Å². The van der Waals surface area contributed by atoms with E-state index in [4.69, 9.17) is 10.00 Å². The van der Waals surface area contributed by atoms with Crippen LogP contribution in [0, 0.1) is 23.0 Å². The van der Waals surface area contributed by atoms with E-state index in [2.05, 4.69) is 10.6 Å². The molecule has 1 aliphatic rings. The van der Waals surface area contributed by atoms with Gasteiger partial charge in [0.25, 0.3) is 0 Å². The monoisotopic (exact) mass is 281 g/mol. The van der Waals surface area contributed by atoms with Crippen molar-refractivity contribution in [2.24, 2.45) is 0 Å². The molecule has 0 saturated carbocycles. The zero-order chi connectivity index (χ0) is 14.6. The molecule has 1 aromatic rings. The Hall–Kier alpha value is -1.71. The van der Waals surface area contributed by atoms with E-state index in [1.807, 2.05) is 0 Å². The summed E-state index contributed by atoms with van der Waals surface area (Å²) in [5.74, 6) is -1.51. The van der Waals surface area contributed by atoms with Crippen LogP contribution in [0.25, 0.3) is 0 Å². The number of nitriles is 1. The van der Waals surface area contributed by atoms with E-state index in [0.717, 1.165) is 31.5 Å². The molecule has 1 atom stereocenters. The number of benzene rings is 1. The first-order chi connectivity index (χ1) is 9.60. The Bertz CT molecular complexity index is 499. The number of hydrogen-bond donors (Lipinski definition) is 2. The first-order valence-electron chi connectivity index (χ1n) is 6.47. The van der Waals surface area contributed by atoms with Gasteiger partial charge in [-0.25, -0.2) is 8.78 Å². The van der Waals surface area contributed by atoms with Gasteiger partial charge in [0.1, 0.15) is 5.69 Å². The number of nitrogens with one attached hydrogen (secondary N) is 2. The summed E-state index contributed by atoms with van der Waals surface area (Å²) in [7, 11) is 1.60. The average Bonchev–Trinajstić information content (AvgIpc) is 2.87. The van der Waals surface area contributed by atoms with Crippen molar-refractivity contribution in [1.82, 2.24) is 5.32 Å². The molecule has 2 N–H and O–H groups in total. The van der Waals surface area contributed by atoms with Crippen molar-refractivity contribution in [3.63, 3.8) is 0 Å². The fourth-order valence-corrected chi connectivity index (χ4v) is 2.53. The van der Waals surface area contributed by atoms with E-state index < -0.39 is 11.6 Å². The van der Waals surface area contributed by atoms with Crippen LogP contribution in [0.2, 0.25) is 0 Å². The van der Waals surface area contributed by atoms with Crippen LogP contribution in [-0.4, -0.2) is 32.3 Å². The molecule has 0 aliphatic carbocycles. The third-order valence-corrected chi connectivity index (χ3v) is 3.53. The van der Waals surface area contributed by atoms with E-state index in [0.29, 0.717) is 13.2 Å². The highest BCUT2D eigenvalue weighted by molar-refractivity contribution is 5.50. The maximum absolute atomic E-state index is 13.8.